The SMILES string of the molecule is Cc1ccc(CC(=O)O)c(OC(F)F)c1F. The molecule has 1 rings (SSSR count). The van der Waals surface area contributed by atoms with Crippen LogP contribution >= 0.6 is 0 Å². The Kier molecular flexibility index (Phi) is 3.76. The van der Waals surface area contributed by atoms with E-state index in [1.807, 2.05) is 0 Å². The van der Waals surface area contributed by atoms with Crippen molar-refractivity contribution in [3.8, 4) is 5.75 Å². The number of carboxylic acid groups (broad SMARTS) is 1. The highest BCUT2D eigenvalue weighted by Gasteiger charge is 2.18. The van der Waals surface area contributed by atoms with Crippen LogP contribution in [0.1, 0.15) is 11.1 Å². The third kappa shape index (κ3) is 2.88. The van der Waals surface area contributed by atoms with E-state index in [9.17, 15) is 18.0 Å². The molecule has 0 atom stereocenters. The number of carbonyl (C=O) groups is 1. The molecule has 0 unspecified atom stereocenters. The van der Waals surface area contributed by atoms with Crippen LogP contribution in [0.25, 0.3) is 0 Å². The van der Waals surface area contributed by atoms with Gasteiger partial charge in [-0.05, 0) is 12.5 Å². The van der Waals surface area contributed by atoms with Crippen LogP contribution in [0.4, 0.5) is 13.2 Å². The van der Waals surface area contributed by atoms with E-state index in [0.717, 1.165) is 0 Å². The zero-order chi connectivity index (χ0) is 12.3. The van der Waals surface area contributed by atoms with E-state index in [-0.39, 0.29) is 11.1 Å². The molecule has 3 nitrogen and oxygen atoms in total. The highest BCUT2D eigenvalue weighted by Crippen LogP contribution is 2.27. The summed E-state index contributed by atoms with van der Waals surface area (Å²) in [6.45, 7) is -1.82. The monoisotopic (exact) mass is 234 g/mol. The van der Waals surface area contributed by atoms with E-state index in [0.29, 0.717) is 0 Å². The number of alkyl halides is 2. The van der Waals surface area contributed by atoms with Crippen LogP contribution in [-0.4, -0.2) is 17.7 Å². The minimum atomic E-state index is -3.19. The van der Waals surface area contributed by atoms with Crippen molar-refractivity contribution in [2.24, 2.45) is 0 Å². The molecule has 0 radical (unpaired) electrons. The molecule has 0 aliphatic carbocycles. The maximum Gasteiger partial charge on any atom is 0.387 e. The molecule has 0 spiro atoms. The Bertz CT molecular complexity index is 405. The van der Waals surface area contributed by atoms with Gasteiger partial charge >= 0.3 is 12.6 Å². The van der Waals surface area contributed by atoms with Gasteiger partial charge in [0.1, 0.15) is 0 Å². The number of aryl methyl sites for hydroxylation is 1. The second kappa shape index (κ2) is 4.87. The van der Waals surface area contributed by atoms with E-state index >= 15 is 0 Å². The molecule has 0 bridgehead atoms. The van der Waals surface area contributed by atoms with Crippen LogP contribution in [-0.2, 0) is 11.2 Å². The zero-order valence-electron chi connectivity index (χ0n) is 8.34. The van der Waals surface area contributed by atoms with Crippen LogP contribution in [0.5, 0.6) is 5.75 Å². The van der Waals surface area contributed by atoms with Crippen LogP contribution in [0, 0.1) is 12.7 Å². The number of hydrogen-bond acceptors (Lipinski definition) is 2. The van der Waals surface area contributed by atoms with Gasteiger partial charge in [0.2, 0.25) is 0 Å². The molecule has 6 heteroatoms. The van der Waals surface area contributed by atoms with Crippen molar-refractivity contribution < 1.29 is 27.8 Å². The fourth-order valence-corrected chi connectivity index (χ4v) is 1.21. The molecular weight excluding hydrogens is 225 g/mol. The van der Waals surface area contributed by atoms with E-state index in [1.165, 1.54) is 19.1 Å². The van der Waals surface area contributed by atoms with Gasteiger partial charge in [-0.2, -0.15) is 8.78 Å². The summed E-state index contributed by atoms with van der Waals surface area (Å²) >= 11 is 0. The largest absolute Gasteiger partial charge is 0.481 e. The quantitative estimate of drug-likeness (QED) is 0.869. The second-order valence-electron chi connectivity index (χ2n) is 3.13. The Balaban J connectivity index is 3.15. The van der Waals surface area contributed by atoms with Crippen molar-refractivity contribution in [1.29, 1.82) is 0 Å². The average Bonchev–Trinajstić information content (AvgIpc) is 2.16. The number of benzene rings is 1. The van der Waals surface area contributed by atoms with Crippen LogP contribution in [0.15, 0.2) is 12.1 Å². The van der Waals surface area contributed by atoms with Gasteiger partial charge in [-0.15, -0.1) is 0 Å². The second-order valence-corrected chi connectivity index (χ2v) is 3.13. The maximum atomic E-state index is 13.4. The van der Waals surface area contributed by atoms with Crippen molar-refractivity contribution in [2.45, 2.75) is 20.0 Å². The first kappa shape index (κ1) is 12.4. The molecule has 88 valence electrons. The van der Waals surface area contributed by atoms with E-state index in [4.69, 9.17) is 5.11 Å². The van der Waals surface area contributed by atoms with E-state index in [1.54, 1.807) is 0 Å². The highest BCUT2D eigenvalue weighted by atomic mass is 19.3. The number of aliphatic carboxylic acids is 1. The summed E-state index contributed by atoms with van der Waals surface area (Å²) in [6.07, 6.45) is -0.570. The van der Waals surface area contributed by atoms with Gasteiger partial charge in [0, 0.05) is 5.56 Å². The topological polar surface area (TPSA) is 46.5 Å². The summed E-state index contributed by atoms with van der Waals surface area (Å²) in [5, 5.41) is 8.52. The first-order valence-corrected chi connectivity index (χ1v) is 4.36. The molecule has 0 heterocycles. The lowest BCUT2D eigenvalue weighted by molar-refractivity contribution is -0.136. The number of carboxylic acids is 1. The number of halogens is 3. The molecule has 0 fully saturated rings. The Morgan fingerprint density at radius 2 is 2.12 bits per heavy atom. The molecule has 16 heavy (non-hydrogen) atoms. The van der Waals surface area contributed by atoms with Crippen molar-refractivity contribution in [2.75, 3.05) is 0 Å². The van der Waals surface area contributed by atoms with E-state index < -0.39 is 30.6 Å². The average molecular weight is 234 g/mol. The summed E-state index contributed by atoms with van der Waals surface area (Å²) in [5.41, 5.74) is 0.000638. The van der Waals surface area contributed by atoms with Crippen molar-refractivity contribution in [3.63, 3.8) is 0 Å². The zero-order valence-corrected chi connectivity index (χ0v) is 8.34. The lowest BCUT2D eigenvalue weighted by atomic mass is 10.1. The van der Waals surface area contributed by atoms with Crippen molar-refractivity contribution in [3.05, 3.63) is 29.1 Å². The highest BCUT2D eigenvalue weighted by molar-refractivity contribution is 5.71. The molecule has 0 saturated carbocycles. The molecular formula is C10H9F3O3. The molecule has 0 saturated heterocycles. The van der Waals surface area contributed by atoms with Gasteiger partial charge in [0.05, 0.1) is 6.42 Å². The first-order chi connectivity index (χ1) is 7.41. The molecule has 0 aliphatic rings. The van der Waals surface area contributed by atoms with Gasteiger partial charge in [-0.1, -0.05) is 12.1 Å². The summed E-state index contributed by atoms with van der Waals surface area (Å²) in [4.78, 5) is 10.4. The van der Waals surface area contributed by atoms with Gasteiger partial charge in [-0.25, -0.2) is 4.39 Å². The van der Waals surface area contributed by atoms with Crippen molar-refractivity contribution >= 4 is 5.97 Å². The van der Waals surface area contributed by atoms with Crippen LogP contribution < -0.4 is 4.74 Å². The summed E-state index contributed by atoms with van der Waals surface area (Å²) in [6, 6.07) is 2.57. The normalized spacial score (nSPS) is 10.6. The van der Waals surface area contributed by atoms with Gasteiger partial charge in [0.15, 0.2) is 11.6 Å². The minimum absolute atomic E-state index is 0.115. The first-order valence-electron chi connectivity index (χ1n) is 4.36. The Morgan fingerprint density at radius 3 is 2.62 bits per heavy atom. The Hall–Kier alpha value is -1.72. The number of ether oxygens (including phenoxy) is 1. The maximum absolute atomic E-state index is 13.4. The molecule has 1 aromatic carbocycles. The minimum Gasteiger partial charge on any atom is -0.481 e. The smallest absolute Gasteiger partial charge is 0.387 e. The molecule has 0 amide bonds. The summed E-state index contributed by atoms with van der Waals surface area (Å²) in [7, 11) is 0. The molecule has 0 aromatic heterocycles. The fourth-order valence-electron chi connectivity index (χ4n) is 1.21. The molecule has 1 N–H and O–H groups in total. The van der Waals surface area contributed by atoms with E-state index in [2.05, 4.69) is 4.74 Å². The Morgan fingerprint density at radius 1 is 1.50 bits per heavy atom. The lowest BCUT2D eigenvalue weighted by Crippen LogP contribution is -2.10. The fraction of sp³-hybridized carbons (Fsp3) is 0.300. The third-order valence-corrected chi connectivity index (χ3v) is 1.92. The van der Waals surface area contributed by atoms with Crippen LogP contribution in [0.3, 0.4) is 0 Å². The molecule has 1 aromatic rings. The standard InChI is InChI=1S/C10H9F3O3/c1-5-2-3-6(4-7(14)15)9(8(5)11)16-10(12)13/h2-3,10H,4H2,1H3,(H,14,15). The number of rotatable bonds is 4. The van der Waals surface area contributed by atoms with Crippen molar-refractivity contribution in [1.82, 2.24) is 0 Å². The predicted octanol–water partition coefficient (Wildman–Crippen LogP) is 2.36. The number of hydrogen-bond donors (Lipinski definition) is 1. The van der Waals surface area contributed by atoms with Gasteiger partial charge in [0.25, 0.3) is 0 Å². The Labute approximate surface area is 89.5 Å². The molecule has 0 aliphatic heterocycles. The predicted molar refractivity (Wildman–Crippen MR) is 49.1 cm³/mol. The van der Waals surface area contributed by atoms with Gasteiger partial charge < -0.3 is 9.84 Å². The van der Waals surface area contributed by atoms with Gasteiger partial charge in [-0.3, -0.25) is 4.79 Å². The van der Waals surface area contributed by atoms with Crippen LogP contribution in [0.2, 0.25) is 0 Å². The summed E-state index contributed by atoms with van der Waals surface area (Å²) < 4.78 is 41.4. The lowest BCUT2D eigenvalue weighted by Gasteiger charge is -2.11. The summed E-state index contributed by atoms with van der Waals surface area (Å²) in [5.74, 6) is -2.90. The third-order valence-electron chi connectivity index (χ3n) is 1.92.